The Morgan fingerprint density at radius 1 is 1.05 bits per heavy atom. The number of benzene rings is 2. The van der Waals surface area contributed by atoms with Gasteiger partial charge in [-0.15, -0.1) is 0 Å². The molecule has 114 valence electrons. The molecule has 2 aromatic carbocycles. The van der Waals surface area contributed by atoms with Gasteiger partial charge in [-0.2, -0.15) is 0 Å². The highest BCUT2D eigenvalue weighted by molar-refractivity contribution is 6.09. The lowest BCUT2D eigenvalue weighted by atomic mass is 10.0. The van der Waals surface area contributed by atoms with E-state index in [2.05, 4.69) is 15.5 Å². The molecule has 1 aliphatic heterocycles. The normalized spacial score (nSPS) is 14.7. The predicted octanol–water partition coefficient (Wildman–Crippen LogP) is 2.37. The van der Waals surface area contributed by atoms with Gasteiger partial charge in [-0.25, -0.2) is 0 Å². The maximum Gasteiger partial charge on any atom is 0.193 e. The maximum atomic E-state index is 12.6. The second kappa shape index (κ2) is 6.62. The van der Waals surface area contributed by atoms with Gasteiger partial charge in [-0.3, -0.25) is 4.79 Å². The summed E-state index contributed by atoms with van der Waals surface area (Å²) < 4.78 is 0. The molecular weight excluding hydrogens is 274 g/mol. The summed E-state index contributed by atoms with van der Waals surface area (Å²) in [6, 6.07) is 15.3. The van der Waals surface area contributed by atoms with E-state index < -0.39 is 0 Å². The summed E-state index contributed by atoms with van der Waals surface area (Å²) in [4.78, 5) is 14.9. The minimum atomic E-state index is 0.0592. The first-order valence-corrected chi connectivity index (χ1v) is 7.67. The van der Waals surface area contributed by atoms with Crippen LogP contribution >= 0.6 is 0 Å². The van der Waals surface area contributed by atoms with Gasteiger partial charge in [0.05, 0.1) is 11.4 Å². The number of piperazine rings is 1. The number of nitrogens with zero attached hydrogens (tertiary/aromatic N) is 1. The zero-order valence-electron chi connectivity index (χ0n) is 12.8. The highest BCUT2D eigenvalue weighted by Gasteiger charge is 2.16. The Kier molecular flexibility index (Phi) is 4.39. The number of nitrogens with one attached hydrogen (secondary N) is 2. The molecular formula is C18H21N3O. The van der Waals surface area contributed by atoms with Crippen molar-refractivity contribution in [1.82, 2.24) is 5.32 Å². The molecule has 3 rings (SSSR count). The molecule has 22 heavy (non-hydrogen) atoms. The second-order valence-corrected chi connectivity index (χ2v) is 5.41. The highest BCUT2D eigenvalue weighted by atomic mass is 16.1. The third-order valence-electron chi connectivity index (χ3n) is 4.02. The van der Waals surface area contributed by atoms with E-state index in [4.69, 9.17) is 0 Å². The first kappa shape index (κ1) is 14.6. The van der Waals surface area contributed by atoms with Gasteiger partial charge in [-0.05, 0) is 18.2 Å². The number of hydrogen-bond donors (Lipinski definition) is 2. The molecule has 2 N–H and O–H groups in total. The lowest BCUT2D eigenvalue weighted by molar-refractivity contribution is 0.103. The van der Waals surface area contributed by atoms with Crippen LogP contribution in [0.15, 0.2) is 48.5 Å². The van der Waals surface area contributed by atoms with Crippen LogP contribution in [0.3, 0.4) is 0 Å². The van der Waals surface area contributed by atoms with E-state index in [0.717, 1.165) is 48.7 Å². The largest absolute Gasteiger partial charge is 0.386 e. The van der Waals surface area contributed by atoms with E-state index in [9.17, 15) is 4.79 Å². The summed E-state index contributed by atoms with van der Waals surface area (Å²) in [5.41, 5.74) is 3.60. The van der Waals surface area contributed by atoms with Crippen molar-refractivity contribution in [2.24, 2.45) is 0 Å². The average Bonchev–Trinajstić information content (AvgIpc) is 2.62. The molecule has 0 radical (unpaired) electrons. The fraction of sp³-hybridized carbons (Fsp3) is 0.278. The van der Waals surface area contributed by atoms with Gasteiger partial charge in [0.25, 0.3) is 0 Å². The Hall–Kier alpha value is -2.33. The van der Waals surface area contributed by atoms with E-state index in [1.807, 2.05) is 55.6 Å². The Bertz CT molecular complexity index is 649. The maximum absolute atomic E-state index is 12.6. The van der Waals surface area contributed by atoms with Crippen molar-refractivity contribution in [3.05, 3.63) is 59.7 Å². The zero-order chi connectivity index (χ0) is 15.4. The van der Waals surface area contributed by atoms with Gasteiger partial charge in [0.2, 0.25) is 0 Å². The molecule has 1 fully saturated rings. The van der Waals surface area contributed by atoms with Gasteiger partial charge in [-0.1, -0.05) is 30.3 Å². The van der Waals surface area contributed by atoms with Crippen molar-refractivity contribution >= 4 is 17.2 Å². The molecule has 0 amide bonds. The molecule has 1 heterocycles. The molecule has 0 saturated carbocycles. The standard InChI is InChI=1S/C18H21N3O/c1-19-16-13-15(18(22)14-5-3-2-4-6-14)7-8-17(16)21-11-9-20-10-12-21/h2-8,13,19-20H,9-12H2,1H3. The van der Waals surface area contributed by atoms with Crippen LogP contribution in [0, 0.1) is 0 Å². The number of carbonyl (C=O) groups excluding carboxylic acids is 1. The lowest BCUT2D eigenvalue weighted by Gasteiger charge is -2.31. The van der Waals surface area contributed by atoms with Crippen LogP contribution in [0.2, 0.25) is 0 Å². The molecule has 1 saturated heterocycles. The van der Waals surface area contributed by atoms with E-state index in [1.54, 1.807) is 0 Å². The van der Waals surface area contributed by atoms with Crippen LogP contribution in [0.5, 0.6) is 0 Å². The summed E-state index contributed by atoms with van der Waals surface area (Å²) in [6.07, 6.45) is 0. The van der Waals surface area contributed by atoms with Gasteiger partial charge in [0.1, 0.15) is 0 Å². The number of anilines is 2. The first-order valence-electron chi connectivity index (χ1n) is 7.67. The van der Waals surface area contributed by atoms with E-state index in [0.29, 0.717) is 0 Å². The highest BCUT2D eigenvalue weighted by Crippen LogP contribution is 2.28. The van der Waals surface area contributed by atoms with Crippen LogP contribution in [0.25, 0.3) is 0 Å². The second-order valence-electron chi connectivity index (χ2n) is 5.41. The predicted molar refractivity (Wildman–Crippen MR) is 90.9 cm³/mol. The fourth-order valence-electron chi connectivity index (χ4n) is 2.82. The Balaban J connectivity index is 1.90. The molecule has 4 nitrogen and oxygen atoms in total. The molecule has 0 atom stereocenters. The van der Waals surface area contributed by atoms with Gasteiger partial charge >= 0.3 is 0 Å². The van der Waals surface area contributed by atoms with Gasteiger partial charge in [0, 0.05) is 44.4 Å². The summed E-state index contributed by atoms with van der Waals surface area (Å²) in [5.74, 6) is 0.0592. The van der Waals surface area contributed by atoms with Crippen molar-refractivity contribution in [3.8, 4) is 0 Å². The molecule has 0 aliphatic carbocycles. The van der Waals surface area contributed by atoms with E-state index in [1.165, 1.54) is 0 Å². The van der Waals surface area contributed by atoms with Crippen molar-refractivity contribution in [2.45, 2.75) is 0 Å². The third kappa shape index (κ3) is 2.97. The number of hydrogen-bond acceptors (Lipinski definition) is 4. The van der Waals surface area contributed by atoms with Crippen LogP contribution in [-0.2, 0) is 0 Å². The molecule has 0 unspecified atom stereocenters. The smallest absolute Gasteiger partial charge is 0.193 e. The lowest BCUT2D eigenvalue weighted by Crippen LogP contribution is -2.43. The SMILES string of the molecule is CNc1cc(C(=O)c2ccccc2)ccc1N1CCNCC1. The molecule has 0 spiro atoms. The Labute approximate surface area is 131 Å². The molecule has 1 aliphatic rings. The zero-order valence-corrected chi connectivity index (χ0v) is 12.8. The van der Waals surface area contributed by atoms with Crippen LogP contribution in [-0.4, -0.2) is 39.0 Å². The van der Waals surface area contributed by atoms with Gasteiger partial charge in [0.15, 0.2) is 5.78 Å². The molecule has 0 aromatic heterocycles. The minimum Gasteiger partial charge on any atom is -0.386 e. The fourth-order valence-corrected chi connectivity index (χ4v) is 2.82. The van der Waals surface area contributed by atoms with Crippen molar-refractivity contribution in [3.63, 3.8) is 0 Å². The summed E-state index contributed by atoms with van der Waals surface area (Å²) in [7, 11) is 1.90. The van der Waals surface area contributed by atoms with Crippen LogP contribution in [0.4, 0.5) is 11.4 Å². The monoisotopic (exact) mass is 295 g/mol. The van der Waals surface area contributed by atoms with E-state index in [-0.39, 0.29) is 5.78 Å². The minimum absolute atomic E-state index is 0.0592. The quantitative estimate of drug-likeness (QED) is 0.850. The van der Waals surface area contributed by atoms with Crippen molar-refractivity contribution in [2.75, 3.05) is 43.4 Å². The summed E-state index contributed by atoms with van der Waals surface area (Å²) >= 11 is 0. The molecule has 4 heteroatoms. The third-order valence-corrected chi connectivity index (χ3v) is 4.02. The van der Waals surface area contributed by atoms with Crippen molar-refractivity contribution < 1.29 is 4.79 Å². The van der Waals surface area contributed by atoms with E-state index >= 15 is 0 Å². The molecule has 0 bridgehead atoms. The number of ketones is 1. The number of carbonyl (C=O) groups is 1. The summed E-state index contributed by atoms with van der Waals surface area (Å²) in [6.45, 7) is 3.96. The summed E-state index contributed by atoms with van der Waals surface area (Å²) in [5, 5.41) is 6.58. The Morgan fingerprint density at radius 3 is 2.45 bits per heavy atom. The average molecular weight is 295 g/mol. The van der Waals surface area contributed by atoms with Gasteiger partial charge < -0.3 is 15.5 Å². The topological polar surface area (TPSA) is 44.4 Å². The van der Waals surface area contributed by atoms with Crippen LogP contribution in [0.1, 0.15) is 15.9 Å². The Morgan fingerprint density at radius 2 is 1.77 bits per heavy atom. The molecule has 2 aromatic rings. The first-order chi connectivity index (χ1) is 10.8. The number of rotatable bonds is 4. The van der Waals surface area contributed by atoms with Crippen molar-refractivity contribution in [1.29, 1.82) is 0 Å². The van der Waals surface area contributed by atoms with Crippen LogP contribution < -0.4 is 15.5 Å².